The van der Waals surface area contributed by atoms with Crippen molar-refractivity contribution in [1.82, 2.24) is 9.97 Å². The van der Waals surface area contributed by atoms with Crippen molar-refractivity contribution in [3.8, 4) is 0 Å². The number of rotatable bonds is 6. The molecule has 0 fully saturated rings. The van der Waals surface area contributed by atoms with Crippen LogP contribution in [0.3, 0.4) is 0 Å². The molecule has 0 aliphatic carbocycles. The average Bonchev–Trinajstić information content (AvgIpc) is 2.64. The molecule has 0 unspecified atom stereocenters. The molecule has 1 heterocycles. The zero-order valence-electron chi connectivity index (χ0n) is 15.0. The Balaban J connectivity index is 1.85. The fourth-order valence-corrected chi connectivity index (χ4v) is 2.49. The maximum atomic E-state index is 13.1. The van der Waals surface area contributed by atoms with Gasteiger partial charge >= 0.3 is 5.97 Å². The third kappa shape index (κ3) is 4.78. The number of carbonyl (C=O) groups is 1. The van der Waals surface area contributed by atoms with Gasteiger partial charge in [-0.15, -0.1) is 0 Å². The Hall–Kier alpha value is -3.48. The van der Waals surface area contributed by atoms with Gasteiger partial charge in [0.2, 0.25) is 0 Å². The zero-order valence-corrected chi connectivity index (χ0v) is 15.0. The number of nitrogens with zero attached hydrogens (tertiary/aromatic N) is 2. The predicted molar refractivity (Wildman–Crippen MR) is 102 cm³/mol. The van der Waals surface area contributed by atoms with E-state index in [1.807, 2.05) is 6.07 Å². The minimum absolute atomic E-state index is 0.297. The van der Waals surface area contributed by atoms with Crippen LogP contribution in [0.15, 0.2) is 54.6 Å². The average molecular weight is 366 g/mol. The molecule has 0 radical (unpaired) electrons. The van der Waals surface area contributed by atoms with Gasteiger partial charge in [0.25, 0.3) is 0 Å². The molecule has 138 valence electrons. The molecule has 0 atom stereocenters. The van der Waals surface area contributed by atoms with E-state index >= 15 is 0 Å². The third-order valence-corrected chi connectivity index (χ3v) is 3.64. The Bertz CT molecular complexity index is 945. The molecule has 6 nitrogen and oxygen atoms in total. The van der Waals surface area contributed by atoms with E-state index < -0.39 is 5.97 Å². The van der Waals surface area contributed by atoms with Crippen LogP contribution in [0.25, 0.3) is 0 Å². The highest BCUT2D eigenvalue weighted by Crippen LogP contribution is 2.23. The fraction of sp³-hybridized carbons (Fsp3) is 0.150. The zero-order chi connectivity index (χ0) is 19.2. The van der Waals surface area contributed by atoms with Crippen LogP contribution in [0.4, 0.5) is 27.4 Å². The van der Waals surface area contributed by atoms with Crippen LogP contribution in [0.1, 0.15) is 23.1 Å². The number of para-hydroxylation sites is 1. The number of ether oxygens (including phenoxy) is 1. The molecule has 0 amide bonds. The number of nitrogens with one attached hydrogen (secondary N) is 2. The van der Waals surface area contributed by atoms with E-state index in [0.717, 1.165) is 0 Å². The third-order valence-electron chi connectivity index (χ3n) is 3.64. The summed E-state index contributed by atoms with van der Waals surface area (Å²) in [6.07, 6.45) is 0. The molecule has 3 rings (SSSR count). The molecule has 2 aromatic carbocycles. The van der Waals surface area contributed by atoms with Crippen molar-refractivity contribution in [2.24, 2.45) is 0 Å². The number of esters is 1. The largest absolute Gasteiger partial charge is 0.462 e. The van der Waals surface area contributed by atoms with E-state index in [2.05, 4.69) is 20.6 Å². The molecule has 0 spiro atoms. The first-order chi connectivity index (χ1) is 13.0. The van der Waals surface area contributed by atoms with Gasteiger partial charge < -0.3 is 15.4 Å². The maximum Gasteiger partial charge on any atom is 0.340 e. The lowest BCUT2D eigenvalue weighted by Crippen LogP contribution is -2.09. The molecule has 2 N–H and O–H groups in total. The van der Waals surface area contributed by atoms with Crippen LogP contribution in [0.2, 0.25) is 0 Å². The SMILES string of the molecule is CCOC(=O)c1ccccc1Nc1cc(Nc2ccc(F)cc2)nc(C)n1. The minimum Gasteiger partial charge on any atom is -0.462 e. The lowest BCUT2D eigenvalue weighted by molar-refractivity contribution is 0.0527. The topological polar surface area (TPSA) is 76.1 Å². The van der Waals surface area contributed by atoms with Crippen molar-refractivity contribution < 1.29 is 13.9 Å². The Morgan fingerprint density at radius 1 is 1.04 bits per heavy atom. The first-order valence-corrected chi connectivity index (χ1v) is 8.46. The second-order valence-electron chi connectivity index (χ2n) is 5.71. The standard InChI is InChI=1S/C20H19FN4O2/c1-3-27-20(26)16-6-4-5-7-17(16)25-19-12-18(22-13(2)23-19)24-15-10-8-14(21)9-11-15/h4-12H,3H2,1-2H3,(H2,22,23,24,25). The van der Waals surface area contributed by atoms with Gasteiger partial charge in [0.05, 0.1) is 17.9 Å². The van der Waals surface area contributed by atoms with Crippen molar-refractivity contribution in [2.45, 2.75) is 13.8 Å². The summed E-state index contributed by atoms with van der Waals surface area (Å²) in [5.41, 5.74) is 1.71. The second-order valence-corrected chi connectivity index (χ2v) is 5.71. The van der Waals surface area contributed by atoms with Crippen LogP contribution in [-0.4, -0.2) is 22.5 Å². The number of hydrogen-bond acceptors (Lipinski definition) is 6. The van der Waals surface area contributed by atoms with Gasteiger partial charge in [-0.3, -0.25) is 0 Å². The summed E-state index contributed by atoms with van der Waals surface area (Å²) in [6, 6.07) is 14.7. The smallest absolute Gasteiger partial charge is 0.340 e. The quantitative estimate of drug-likeness (QED) is 0.622. The first kappa shape index (κ1) is 18.3. The molecule has 3 aromatic rings. The van der Waals surface area contributed by atoms with Crippen molar-refractivity contribution in [3.05, 3.63) is 71.8 Å². The molecular formula is C20H19FN4O2. The lowest BCUT2D eigenvalue weighted by Gasteiger charge is -2.13. The second kappa shape index (κ2) is 8.27. The Morgan fingerprint density at radius 3 is 2.41 bits per heavy atom. The predicted octanol–water partition coefficient (Wildman–Crippen LogP) is 4.59. The maximum absolute atomic E-state index is 13.1. The molecule has 27 heavy (non-hydrogen) atoms. The van der Waals surface area contributed by atoms with Gasteiger partial charge in [0.15, 0.2) is 0 Å². The summed E-state index contributed by atoms with van der Waals surface area (Å²) in [7, 11) is 0. The molecule has 7 heteroatoms. The van der Waals surface area contributed by atoms with E-state index in [4.69, 9.17) is 4.74 Å². The van der Waals surface area contributed by atoms with Crippen molar-refractivity contribution in [2.75, 3.05) is 17.2 Å². The van der Waals surface area contributed by atoms with Crippen LogP contribution in [0.5, 0.6) is 0 Å². The monoisotopic (exact) mass is 366 g/mol. The minimum atomic E-state index is -0.406. The molecule has 0 saturated carbocycles. The first-order valence-electron chi connectivity index (χ1n) is 8.46. The summed E-state index contributed by atoms with van der Waals surface area (Å²) in [6.45, 7) is 3.82. The summed E-state index contributed by atoms with van der Waals surface area (Å²) < 4.78 is 18.1. The van der Waals surface area contributed by atoms with Gasteiger partial charge in [-0.1, -0.05) is 12.1 Å². The van der Waals surface area contributed by atoms with Crippen LogP contribution in [0, 0.1) is 12.7 Å². The van der Waals surface area contributed by atoms with Crippen molar-refractivity contribution in [1.29, 1.82) is 0 Å². The molecule has 1 aromatic heterocycles. The Kier molecular flexibility index (Phi) is 5.61. The highest BCUT2D eigenvalue weighted by atomic mass is 19.1. The summed E-state index contributed by atoms with van der Waals surface area (Å²) in [4.78, 5) is 20.8. The highest BCUT2D eigenvalue weighted by molar-refractivity contribution is 5.96. The number of carbonyl (C=O) groups excluding carboxylic acids is 1. The summed E-state index contributed by atoms with van der Waals surface area (Å²) >= 11 is 0. The van der Waals surface area contributed by atoms with Crippen LogP contribution in [-0.2, 0) is 4.74 Å². The van der Waals surface area contributed by atoms with Gasteiger partial charge in [0, 0.05) is 11.8 Å². The highest BCUT2D eigenvalue weighted by Gasteiger charge is 2.13. The molecular weight excluding hydrogens is 347 g/mol. The Morgan fingerprint density at radius 2 is 1.70 bits per heavy atom. The number of anilines is 4. The summed E-state index contributed by atoms with van der Waals surface area (Å²) in [5.74, 6) is 0.890. The fourth-order valence-electron chi connectivity index (χ4n) is 2.49. The van der Waals surface area contributed by atoms with Gasteiger partial charge in [-0.05, 0) is 50.2 Å². The van der Waals surface area contributed by atoms with E-state index in [9.17, 15) is 9.18 Å². The van der Waals surface area contributed by atoms with Crippen molar-refractivity contribution >= 4 is 29.0 Å². The summed E-state index contributed by atoms with van der Waals surface area (Å²) in [5, 5.41) is 6.24. The number of hydrogen-bond donors (Lipinski definition) is 2. The number of halogens is 1. The van der Waals surface area contributed by atoms with Crippen molar-refractivity contribution in [3.63, 3.8) is 0 Å². The van der Waals surface area contributed by atoms with E-state index in [1.54, 1.807) is 50.2 Å². The van der Waals surface area contributed by atoms with Gasteiger partial charge in [-0.25, -0.2) is 19.2 Å². The van der Waals surface area contributed by atoms with Crippen LogP contribution >= 0.6 is 0 Å². The molecule has 0 bridgehead atoms. The number of benzene rings is 2. The van der Waals surface area contributed by atoms with E-state index in [-0.39, 0.29) is 5.82 Å². The lowest BCUT2D eigenvalue weighted by atomic mass is 10.2. The number of aromatic nitrogens is 2. The van der Waals surface area contributed by atoms with E-state index in [1.165, 1.54) is 12.1 Å². The van der Waals surface area contributed by atoms with Crippen LogP contribution < -0.4 is 10.6 Å². The van der Waals surface area contributed by atoms with Gasteiger partial charge in [-0.2, -0.15) is 0 Å². The number of aryl methyl sites for hydroxylation is 1. The molecule has 0 saturated heterocycles. The van der Waals surface area contributed by atoms with E-state index in [0.29, 0.717) is 41.0 Å². The van der Waals surface area contributed by atoms with Gasteiger partial charge in [0.1, 0.15) is 23.3 Å². The normalized spacial score (nSPS) is 10.3. The Labute approximate surface area is 156 Å². The molecule has 0 aliphatic heterocycles. The molecule has 0 aliphatic rings.